The third kappa shape index (κ3) is 2.22. The number of aryl methyl sites for hydroxylation is 1. The zero-order valence-corrected chi connectivity index (χ0v) is 10.1. The highest BCUT2D eigenvalue weighted by atomic mass is 16.4. The summed E-state index contributed by atoms with van der Waals surface area (Å²) in [5, 5.41) is 23.4. The van der Waals surface area contributed by atoms with E-state index >= 15 is 0 Å². The van der Waals surface area contributed by atoms with E-state index in [1.165, 1.54) is 4.68 Å². The van der Waals surface area contributed by atoms with Gasteiger partial charge in [0.25, 0.3) is 0 Å². The number of hydrogen-bond donors (Lipinski definition) is 2. The fourth-order valence-corrected chi connectivity index (χ4v) is 2.46. The highest BCUT2D eigenvalue weighted by Crippen LogP contribution is 2.34. The van der Waals surface area contributed by atoms with Gasteiger partial charge in [0.1, 0.15) is 5.54 Å². The van der Waals surface area contributed by atoms with Crippen molar-refractivity contribution < 1.29 is 9.90 Å². The van der Waals surface area contributed by atoms with E-state index < -0.39 is 11.5 Å². The second kappa shape index (κ2) is 4.31. The Hall–Kier alpha value is -1.66. The van der Waals surface area contributed by atoms with E-state index in [-0.39, 0.29) is 0 Å². The van der Waals surface area contributed by atoms with Crippen molar-refractivity contribution in [3.05, 3.63) is 0 Å². The quantitative estimate of drug-likeness (QED) is 0.804. The Morgan fingerprint density at radius 3 is 2.94 bits per heavy atom. The molecule has 1 saturated carbocycles. The predicted octanol–water partition coefficient (Wildman–Crippen LogP) is 0.655. The van der Waals surface area contributed by atoms with Crippen molar-refractivity contribution in [1.82, 2.24) is 20.2 Å². The summed E-state index contributed by atoms with van der Waals surface area (Å²) >= 11 is 0. The van der Waals surface area contributed by atoms with Crippen LogP contribution in [0.4, 0.5) is 5.95 Å². The predicted molar refractivity (Wildman–Crippen MR) is 60.4 cm³/mol. The molecule has 1 heterocycles. The number of aliphatic carboxylic acids is 1. The number of anilines is 1. The molecule has 1 aliphatic rings. The van der Waals surface area contributed by atoms with E-state index in [0.29, 0.717) is 24.7 Å². The molecule has 2 rings (SSSR count). The van der Waals surface area contributed by atoms with E-state index in [0.717, 1.165) is 12.8 Å². The van der Waals surface area contributed by atoms with Gasteiger partial charge in [-0.1, -0.05) is 24.9 Å². The lowest BCUT2D eigenvalue weighted by Gasteiger charge is -2.36. The minimum Gasteiger partial charge on any atom is -0.480 e. The minimum absolute atomic E-state index is 0.397. The first-order valence-electron chi connectivity index (χ1n) is 5.77. The van der Waals surface area contributed by atoms with E-state index in [1.54, 1.807) is 7.05 Å². The fourth-order valence-electron chi connectivity index (χ4n) is 2.46. The summed E-state index contributed by atoms with van der Waals surface area (Å²) in [6.07, 6.45) is 3.20. The van der Waals surface area contributed by atoms with Crippen molar-refractivity contribution in [2.75, 3.05) is 5.32 Å². The number of carbonyl (C=O) groups is 1. The van der Waals surface area contributed by atoms with E-state index in [1.807, 2.05) is 0 Å². The average Bonchev–Trinajstić information content (AvgIpc) is 2.64. The summed E-state index contributed by atoms with van der Waals surface area (Å²) in [6, 6.07) is 0. The Balaban J connectivity index is 2.23. The van der Waals surface area contributed by atoms with E-state index in [2.05, 4.69) is 27.8 Å². The normalized spacial score (nSPS) is 28.9. The molecule has 0 aromatic carbocycles. The number of nitrogens with one attached hydrogen (secondary N) is 1. The van der Waals surface area contributed by atoms with Gasteiger partial charge < -0.3 is 10.4 Å². The Labute approximate surface area is 99.2 Å². The van der Waals surface area contributed by atoms with Crippen LogP contribution in [0.3, 0.4) is 0 Å². The standard InChI is InChI=1S/C10H17N5O2/c1-7-4-3-5-10(6-7,8(16)17)11-9-12-13-14-15(9)2/h7H,3-6H2,1-2H3,(H,16,17)(H,11,12,14). The van der Waals surface area contributed by atoms with Gasteiger partial charge in [0.2, 0.25) is 5.95 Å². The molecule has 0 aliphatic heterocycles. The van der Waals surface area contributed by atoms with Crippen molar-refractivity contribution in [1.29, 1.82) is 0 Å². The first-order valence-corrected chi connectivity index (χ1v) is 5.77. The molecule has 7 heteroatoms. The summed E-state index contributed by atoms with van der Waals surface area (Å²) in [5.41, 5.74) is -0.930. The summed E-state index contributed by atoms with van der Waals surface area (Å²) in [7, 11) is 1.68. The molecule has 1 aromatic rings. The summed E-state index contributed by atoms with van der Waals surface area (Å²) in [4.78, 5) is 11.5. The molecular weight excluding hydrogens is 222 g/mol. The number of carboxylic acids is 1. The molecule has 1 aliphatic carbocycles. The SMILES string of the molecule is CC1CCCC(Nc2nnnn2C)(C(=O)O)C1. The smallest absolute Gasteiger partial charge is 0.329 e. The van der Waals surface area contributed by atoms with Crippen molar-refractivity contribution in [2.45, 2.75) is 38.1 Å². The van der Waals surface area contributed by atoms with Gasteiger partial charge in [-0.25, -0.2) is 9.48 Å². The maximum atomic E-state index is 11.5. The average molecular weight is 239 g/mol. The second-order valence-corrected chi connectivity index (χ2v) is 4.84. The first-order chi connectivity index (χ1) is 8.03. The molecule has 17 heavy (non-hydrogen) atoms. The van der Waals surface area contributed by atoms with Crippen molar-refractivity contribution in [2.24, 2.45) is 13.0 Å². The molecule has 0 radical (unpaired) electrons. The number of carboxylic acid groups (broad SMARTS) is 1. The summed E-state index contributed by atoms with van der Waals surface area (Å²) < 4.78 is 1.45. The zero-order chi connectivity index (χ0) is 12.5. The van der Waals surface area contributed by atoms with Crippen LogP contribution in [-0.4, -0.2) is 36.8 Å². The monoisotopic (exact) mass is 239 g/mol. The third-order valence-electron chi connectivity index (χ3n) is 3.38. The molecular formula is C10H17N5O2. The number of aromatic nitrogens is 4. The highest BCUT2D eigenvalue weighted by molar-refractivity contribution is 5.82. The molecule has 0 saturated heterocycles. The fraction of sp³-hybridized carbons (Fsp3) is 0.800. The molecule has 1 fully saturated rings. The molecule has 0 amide bonds. The van der Waals surface area contributed by atoms with Crippen molar-refractivity contribution in [3.63, 3.8) is 0 Å². The van der Waals surface area contributed by atoms with E-state index in [4.69, 9.17) is 0 Å². The third-order valence-corrected chi connectivity index (χ3v) is 3.38. The van der Waals surface area contributed by atoms with Crippen LogP contribution in [-0.2, 0) is 11.8 Å². The molecule has 0 spiro atoms. The highest BCUT2D eigenvalue weighted by Gasteiger charge is 2.42. The lowest BCUT2D eigenvalue weighted by molar-refractivity contribution is -0.144. The molecule has 7 nitrogen and oxygen atoms in total. The number of rotatable bonds is 3. The Kier molecular flexibility index (Phi) is 2.99. The largest absolute Gasteiger partial charge is 0.480 e. The van der Waals surface area contributed by atoms with Gasteiger partial charge in [-0.3, -0.25) is 0 Å². The topological polar surface area (TPSA) is 92.9 Å². The molecule has 0 bridgehead atoms. The van der Waals surface area contributed by atoms with Gasteiger partial charge in [-0.2, -0.15) is 0 Å². The van der Waals surface area contributed by atoms with Crippen LogP contribution in [0.1, 0.15) is 32.6 Å². The van der Waals surface area contributed by atoms with Gasteiger partial charge >= 0.3 is 5.97 Å². The number of hydrogen-bond acceptors (Lipinski definition) is 5. The van der Waals surface area contributed by atoms with E-state index in [9.17, 15) is 9.90 Å². The maximum Gasteiger partial charge on any atom is 0.329 e. The number of nitrogens with zero attached hydrogens (tertiary/aromatic N) is 4. The Morgan fingerprint density at radius 2 is 2.41 bits per heavy atom. The summed E-state index contributed by atoms with van der Waals surface area (Å²) in [5.74, 6) is -0.0258. The second-order valence-electron chi connectivity index (χ2n) is 4.84. The van der Waals surface area contributed by atoms with Gasteiger partial charge in [-0.15, -0.1) is 0 Å². The van der Waals surface area contributed by atoms with Crippen LogP contribution in [0.15, 0.2) is 0 Å². The lowest BCUT2D eigenvalue weighted by atomic mass is 9.76. The van der Waals surface area contributed by atoms with Crippen LogP contribution < -0.4 is 5.32 Å². The summed E-state index contributed by atoms with van der Waals surface area (Å²) in [6.45, 7) is 2.08. The van der Waals surface area contributed by atoms with Gasteiger partial charge in [0.05, 0.1) is 0 Å². The molecule has 2 unspecified atom stereocenters. The van der Waals surface area contributed by atoms with Crippen LogP contribution in [0.5, 0.6) is 0 Å². The lowest BCUT2D eigenvalue weighted by Crippen LogP contribution is -2.50. The van der Waals surface area contributed by atoms with Crippen molar-refractivity contribution >= 4 is 11.9 Å². The Morgan fingerprint density at radius 1 is 1.65 bits per heavy atom. The molecule has 94 valence electrons. The number of tetrazole rings is 1. The Bertz CT molecular complexity index is 419. The first kappa shape index (κ1) is 11.8. The molecule has 1 aromatic heterocycles. The maximum absolute atomic E-state index is 11.5. The van der Waals surface area contributed by atoms with Gasteiger partial charge in [0, 0.05) is 7.05 Å². The van der Waals surface area contributed by atoms with Crippen LogP contribution >= 0.6 is 0 Å². The molecule has 2 N–H and O–H groups in total. The minimum atomic E-state index is -0.930. The molecule has 2 atom stereocenters. The van der Waals surface area contributed by atoms with Crippen LogP contribution in [0.2, 0.25) is 0 Å². The van der Waals surface area contributed by atoms with Crippen molar-refractivity contribution in [3.8, 4) is 0 Å². The van der Waals surface area contributed by atoms with Crippen LogP contribution in [0.25, 0.3) is 0 Å². The van der Waals surface area contributed by atoms with Gasteiger partial charge in [-0.05, 0) is 29.2 Å². The van der Waals surface area contributed by atoms with Crippen LogP contribution in [0, 0.1) is 5.92 Å². The van der Waals surface area contributed by atoms with Gasteiger partial charge in [0.15, 0.2) is 0 Å². The zero-order valence-electron chi connectivity index (χ0n) is 10.1.